The Morgan fingerprint density at radius 2 is 1.87 bits per heavy atom. The monoisotopic (exact) mass is 428 g/mol. The van der Waals surface area contributed by atoms with Crippen molar-refractivity contribution in [2.45, 2.75) is 32.2 Å². The number of likely N-dealkylation sites (tertiary alicyclic amines) is 1. The first kappa shape index (κ1) is 22.6. The van der Waals surface area contributed by atoms with Crippen LogP contribution >= 0.6 is 0 Å². The first-order chi connectivity index (χ1) is 15.0. The molecule has 1 aliphatic rings. The number of carbonyl (C=O) groups is 2. The Hall–Kier alpha value is -3.09. The van der Waals surface area contributed by atoms with Crippen molar-refractivity contribution >= 4 is 12.0 Å². The quantitative estimate of drug-likeness (QED) is 0.721. The standard InChI is InChI=1S/C24H29FN2O4/c1-3-31-24(29)27-14-4-5-19(16-27)23(28)26-22(15-17-6-10-20(25)11-7-17)18-8-12-21(30-2)13-9-18/h6-13,19,22H,3-5,14-16H2,1-2H3,(H,26,28). The van der Waals surface area contributed by atoms with Gasteiger partial charge in [-0.1, -0.05) is 24.3 Å². The summed E-state index contributed by atoms with van der Waals surface area (Å²) in [5.74, 6) is 0.0343. The summed E-state index contributed by atoms with van der Waals surface area (Å²) < 4.78 is 23.6. The van der Waals surface area contributed by atoms with Crippen LogP contribution in [0.25, 0.3) is 0 Å². The SMILES string of the molecule is CCOC(=O)N1CCCC(C(=O)NC(Cc2ccc(F)cc2)c2ccc(OC)cc2)C1. The molecular formula is C24H29FN2O4. The lowest BCUT2D eigenvalue weighted by molar-refractivity contribution is -0.127. The van der Waals surface area contributed by atoms with E-state index in [1.54, 1.807) is 31.1 Å². The third-order valence-corrected chi connectivity index (χ3v) is 5.51. The van der Waals surface area contributed by atoms with Gasteiger partial charge in [0.2, 0.25) is 5.91 Å². The van der Waals surface area contributed by atoms with Gasteiger partial charge in [0.15, 0.2) is 0 Å². The first-order valence-corrected chi connectivity index (χ1v) is 10.6. The number of amides is 2. The van der Waals surface area contributed by atoms with Crippen molar-refractivity contribution in [2.24, 2.45) is 5.92 Å². The molecule has 1 N–H and O–H groups in total. The van der Waals surface area contributed by atoms with Gasteiger partial charge >= 0.3 is 6.09 Å². The van der Waals surface area contributed by atoms with Gasteiger partial charge in [0.05, 0.1) is 25.7 Å². The van der Waals surface area contributed by atoms with Crippen molar-refractivity contribution in [3.63, 3.8) is 0 Å². The molecule has 0 spiro atoms. The highest BCUT2D eigenvalue weighted by Crippen LogP contribution is 2.24. The molecule has 1 heterocycles. The summed E-state index contributed by atoms with van der Waals surface area (Å²) in [6.07, 6.45) is 1.61. The zero-order chi connectivity index (χ0) is 22.2. The second-order valence-corrected chi connectivity index (χ2v) is 7.65. The summed E-state index contributed by atoms with van der Waals surface area (Å²) in [5, 5.41) is 3.14. The fourth-order valence-corrected chi connectivity index (χ4v) is 3.81. The Bertz CT molecular complexity index is 870. The van der Waals surface area contributed by atoms with Gasteiger partial charge in [0.1, 0.15) is 11.6 Å². The fraction of sp³-hybridized carbons (Fsp3) is 0.417. The van der Waals surface area contributed by atoms with Gasteiger partial charge in [-0.2, -0.15) is 0 Å². The minimum absolute atomic E-state index is 0.100. The van der Waals surface area contributed by atoms with Gasteiger partial charge in [-0.15, -0.1) is 0 Å². The fourth-order valence-electron chi connectivity index (χ4n) is 3.81. The van der Waals surface area contributed by atoms with Crippen molar-refractivity contribution in [3.8, 4) is 5.75 Å². The number of rotatable bonds is 7. The maximum Gasteiger partial charge on any atom is 0.409 e. The van der Waals surface area contributed by atoms with Gasteiger partial charge in [-0.3, -0.25) is 4.79 Å². The lowest BCUT2D eigenvalue weighted by Gasteiger charge is -2.32. The summed E-state index contributed by atoms with van der Waals surface area (Å²) >= 11 is 0. The Kier molecular flexibility index (Phi) is 7.87. The van der Waals surface area contributed by atoms with E-state index in [1.807, 2.05) is 24.3 Å². The van der Waals surface area contributed by atoms with Crippen molar-refractivity contribution in [3.05, 3.63) is 65.5 Å². The molecule has 1 fully saturated rings. The Morgan fingerprint density at radius 1 is 1.16 bits per heavy atom. The summed E-state index contributed by atoms with van der Waals surface area (Å²) in [6, 6.07) is 13.5. The molecule has 2 atom stereocenters. The van der Waals surface area contributed by atoms with Crippen LogP contribution in [-0.2, 0) is 16.0 Å². The van der Waals surface area contributed by atoms with Gasteiger partial charge in [-0.05, 0) is 61.6 Å². The van der Waals surface area contributed by atoms with E-state index in [-0.39, 0.29) is 29.8 Å². The number of hydrogen-bond donors (Lipinski definition) is 1. The van der Waals surface area contributed by atoms with Crippen LogP contribution in [0.15, 0.2) is 48.5 Å². The van der Waals surface area contributed by atoms with E-state index in [4.69, 9.17) is 9.47 Å². The minimum atomic E-state index is -0.377. The number of halogens is 1. The topological polar surface area (TPSA) is 67.9 Å². The summed E-state index contributed by atoms with van der Waals surface area (Å²) in [5.41, 5.74) is 1.84. The molecule has 2 amide bonds. The number of piperidine rings is 1. The van der Waals surface area contributed by atoms with Gasteiger partial charge < -0.3 is 19.7 Å². The molecule has 1 saturated heterocycles. The Morgan fingerprint density at radius 3 is 2.52 bits per heavy atom. The van der Waals surface area contributed by atoms with Gasteiger partial charge in [0.25, 0.3) is 0 Å². The highest BCUT2D eigenvalue weighted by atomic mass is 19.1. The van der Waals surface area contributed by atoms with Crippen molar-refractivity contribution in [2.75, 3.05) is 26.8 Å². The van der Waals surface area contributed by atoms with Gasteiger partial charge in [-0.25, -0.2) is 9.18 Å². The summed E-state index contributed by atoms with van der Waals surface area (Å²) in [6.45, 7) is 3.01. The number of nitrogens with zero attached hydrogens (tertiary/aromatic N) is 1. The zero-order valence-electron chi connectivity index (χ0n) is 18.0. The van der Waals surface area contributed by atoms with Crippen LogP contribution in [0.5, 0.6) is 5.75 Å². The molecule has 3 rings (SSSR count). The highest BCUT2D eigenvalue weighted by Gasteiger charge is 2.30. The Labute approximate surface area is 182 Å². The molecule has 0 saturated carbocycles. The molecule has 2 unspecified atom stereocenters. The number of nitrogens with one attached hydrogen (secondary N) is 1. The highest BCUT2D eigenvalue weighted by molar-refractivity contribution is 5.80. The van der Waals surface area contributed by atoms with Crippen LogP contribution in [0.2, 0.25) is 0 Å². The van der Waals surface area contributed by atoms with E-state index in [9.17, 15) is 14.0 Å². The molecule has 31 heavy (non-hydrogen) atoms. The smallest absolute Gasteiger partial charge is 0.409 e. The predicted octanol–water partition coefficient (Wildman–Crippen LogP) is 4.10. The normalized spacial score (nSPS) is 17.0. The average Bonchev–Trinajstić information content (AvgIpc) is 2.80. The maximum absolute atomic E-state index is 13.3. The van der Waals surface area contributed by atoms with E-state index in [0.29, 0.717) is 32.5 Å². The average molecular weight is 429 g/mol. The largest absolute Gasteiger partial charge is 0.497 e. The number of methoxy groups -OCH3 is 1. The van der Waals surface area contributed by atoms with Crippen LogP contribution < -0.4 is 10.1 Å². The summed E-state index contributed by atoms with van der Waals surface area (Å²) in [4.78, 5) is 26.8. The molecule has 6 nitrogen and oxygen atoms in total. The van der Waals surface area contributed by atoms with Crippen molar-refractivity contribution < 1.29 is 23.5 Å². The number of carbonyl (C=O) groups excluding carboxylic acids is 2. The lowest BCUT2D eigenvalue weighted by atomic mass is 9.94. The molecule has 2 aromatic rings. The first-order valence-electron chi connectivity index (χ1n) is 10.6. The molecule has 0 bridgehead atoms. The van der Waals surface area contributed by atoms with Crippen LogP contribution in [0.1, 0.15) is 36.9 Å². The van der Waals surface area contributed by atoms with E-state index in [1.165, 1.54) is 12.1 Å². The molecule has 2 aromatic carbocycles. The minimum Gasteiger partial charge on any atom is -0.497 e. The lowest BCUT2D eigenvalue weighted by Crippen LogP contribution is -2.46. The molecule has 7 heteroatoms. The predicted molar refractivity (Wildman–Crippen MR) is 115 cm³/mol. The van der Waals surface area contributed by atoms with E-state index in [2.05, 4.69) is 5.32 Å². The van der Waals surface area contributed by atoms with Crippen LogP contribution in [0.4, 0.5) is 9.18 Å². The summed E-state index contributed by atoms with van der Waals surface area (Å²) in [7, 11) is 1.60. The maximum atomic E-state index is 13.3. The number of benzene rings is 2. The third-order valence-electron chi connectivity index (χ3n) is 5.51. The molecule has 0 aliphatic carbocycles. The van der Waals surface area contributed by atoms with Crippen LogP contribution in [-0.4, -0.2) is 43.7 Å². The molecular weight excluding hydrogens is 399 g/mol. The van der Waals surface area contributed by atoms with E-state index >= 15 is 0 Å². The van der Waals surface area contributed by atoms with Crippen LogP contribution in [0.3, 0.4) is 0 Å². The van der Waals surface area contributed by atoms with E-state index < -0.39 is 0 Å². The second kappa shape index (κ2) is 10.8. The zero-order valence-corrected chi connectivity index (χ0v) is 18.0. The Balaban J connectivity index is 1.74. The molecule has 0 radical (unpaired) electrons. The number of ether oxygens (including phenoxy) is 2. The molecule has 1 aliphatic heterocycles. The van der Waals surface area contributed by atoms with Crippen molar-refractivity contribution in [1.82, 2.24) is 10.2 Å². The van der Waals surface area contributed by atoms with Crippen molar-refractivity contribution in [1.29, 1.82) is 0 Å². The molecule has 0 aromatic heterocycles. The third kappa shape index (κ3) is 6.20. The second-order valence-electron chi connectivity index (χ2n) is 7.65. The number of hydrogen-bond acceptors (Lipinski definition) is 4. The molecule has 166 valence electrons. The van der Waals surface area contributed by atoms with Gasteiger partial charge in [0, 0.05) is 13.1 Å². The van der Waals surface area contributed by atoms with Crippen LogP contribution in [0, 0.1) is 11.7 Å². The van der Waals surface area contributed by atoms with E-state index in [0.717, 1.165) is 23.3 Å².